The Bertz CT molecular complexity index is 1010. The van der Waals surface area contributed by atoms with E-state index in [4.69, 9.17) is 4.74 Å². The van der Waals surface area contributed by atoms with Crippen LogP contribution in [0.3, 0.4) is 0 Å². The van der Waals surface area contributed by atoms with Crippen LogP contribution in [-0.2, 0) is 11.0 Å². The molecule has 4 rings (SSSR count). The van der Waals surface area contributed by atoms with Gasteiger partial charge >= 0.3 is 6.18 Å². The lowest BCUT2D eigenvalue weighted by molar-refractivity contribution is -0.137. The predicted molar refractivity (Wildman–Crippen MR) is 91.3 cm³/mol. The minimum absolute atomic E-state index is 0.0130. The fourth-order valence-corrected chi connectivity index (χ4v) is 2.73. The Hall–Kier alpha value is -3.10. The molecule has 6 nitrogen and oxygen atoms in total. The Kier molecular flexibility index (Phi) is 4.01. The number of anilines is 1. The molecule has 1 aliphatic carbocycles. The summed E-state index contributed by atoms with van der Waals surface area (Å²) >= 11 is 0. The highest BCUT2D eigenvalue weighted by molar-refractivity contribution is 5.93. The maximum Gasteiger partial charge on any atom is 0.417 e. The summed E-state index contributed by atoms with van der Waals surface area (Å²) in [6.07, 6.45) is -2.08. The molecule has 1 N–H and O–H groups in total. The van der Waals surface area contributed by atoms with Crippen LogP contribution in [0.2, 0.25) is 0 Å². The first-order valence-electron chi connectivity index (χ1n) is 8.28. The summed E-state index contributed by atoms with van der Waals surface area (Å²) in [7, 11) is 1.50. The van der Waals surface area contributed by atoms with E-state index in [-0.39, 0.29) is 29.0 Å². The molecule has 3 aromatic rings. The van der Waals surface area contributed by atoms with Crippen LogP contribution in [0.5, 0.6) is 5.75 Å². The molecule has 1 fully saturated rings. The lowest BCUT2D eigenvalue weighted by Gasteiger charge is -2.10. The third-order valence-corrected chi connectivity index (χ3v) is 4.34. The summed E-state index contributed by atoms with van der Waals surface area (Å²) in [5.74, 6) is 0.290. The van der Waals surface area contributed by atoms with Gasteiger partial charge in [0.05, 0.1) is 12.7 Å². The van der Waals surface area contributed by atoms with Gasteiger partial charge in [0, 0.05) is 17.7 Å². The van der Waals surface area contributed by atoms with Crippen molar-refractivity contribution < 1.29 is 22.7 Å². The molecule has 2 aromatic heterocycles. The molecule has 0 atom stereocenters. The Morgan fingerprint density at radius 3 is 2.56 bits per heavy atom. The van der Waals surface area contributed by atoms with Crippen LogP contribution in [0.15, 0.2) is 36.5 Å². The van der Waals surface area contributed by atoms with E-state index >= 15 is 0 Å². The summed E-state index contributed by atoms with van der Waals surface area (Å²) in [5.41, 5.74) is 0.149. The van der Waals surface area contributed by atoms with Crippen molar-refractivity contribution >= 4 is 17.5 Å². The zero-order valence-electron chi connectivity index (χ0n) is 14.2. The number of aromatic nitrogens is 3. The number of nitrogens with zero attached hydrogens (tertiary/aromatic N) is 3. The number of methoxy groups -OCH3 is 1. The number of carbonyl (C=O) groups is 1. The fraction of sp³-hybridized carbons (Fsp3) is 0.278. The lowest BCUT2D eigenvalue weighted by atomic mass is 10.0. The summed E-state index contributed by atoms with van der Waals surface area (Å²) < 4.78 is 46.1. The number of nitrogens with one attached hydrogen (secondary N) is 1. The number of halogens is 3. The van der Waals surface area contributed by atoms with E-state index in [0.29, 0.717) is 11.3 Å². The zero-order chi connectivity index (χ0) is 19.2. The van der Waals surface area contributed by atoms with Crippen LogP contribution in [0.4, 0.5) is 19.1 Å². The first-order valence-corrected chi connectivity index (χ1v) is 8.28. The van der Waals surface area contributed by atoms with Gasteiger partial charge in [-0.25, -0.2) is 4.52 Å². The molecule has 2 heterocycles. The number of rotatable bonds is 4. The van der Waals surface area contributed by atoms with Crippen molar-refractivity contribution in [2.45, 2.75) is 19.0 Å². The number of alkyl halides is 3. The van der Waals surface area contributed by atoms with Gasteiger partial charge in [0.25, 0.3) is 0 Å². The number of hydrogen-bond donors (Lipinski definition) is 1. The summed E-state index contributed by atoms with van der Waals surface area (Å²) in [4.78, 5) is 16.1. The van der Waals surface area contributed by atoms with Crippen LogP contribution in [0, 0.1) is 5.92 Å². The maximum atomic E-state index is 13.3. The van der Waals surface area contributed by atoms with Crippen LogP contribution in [0.1, 0.15) is 18.4 Å². The van der Waals surface area contributed by atoms with Crippen molar-refractivity contribution in [3.63, 3.8) is 0 Å². The van der Waals surface area contributed by atoms with Crippen molar-refractivity contribution in [2.75, 3.05) is 12.4 Å². The smallest absolute Gasteiger partial charge is 0.417 e. The van der Waals surface area contributed by atoms with Crippen LogP contribution in [0.25, 0.3) is 16.8 Å². The van der Waals surface area contributed by atoms with Gasteiger partial charge in [-0.2, -0.15) is 18.2 Å². The van der Waals surface area contributed by atoms with Gasteiger partial charge in [-0.1, -0.05) is 12.1 Å². The number of benzene rings is 1. The zero-order valence-corrected chi connectivity index (χ0v) is 14.2. The number of hydrogen-bond acceptors (Lipinski definition) is 4. The van der Waals surface area contributed by atoms with Gasteiger partial charge in [-0.05, 0) is 36.6 Å². The molecule has 0 bridgehead atoms. The second-order valence-electron chi connectivity index (χ2n) is 6.34. The minimum Gasteiger partial charge on any atom is -0.497 e. The topological polar surface area (TPSA) is 68.5 Å². The molecule has 27 heavy (non-hydrogen) atoms. The van der Waals surface area contributed by atoms with Crippen molar-refractivity contribution in [1.29, 1.82) is 0 Å². The Labute approximate surface area is 152 Å². The average Bonchev–Trinajstić information content (AvgIpc) is 3.41. The van der Waals surface area contributed by atoms with Crippen molar-refractivity contribution in [3.05, 3.63) is 42.1 Å². The molecule has 1 amide bonds. The molecule has 0 unspecified atom stereocenters. The van der Waals surface area contributed by atoms with Crippen molar-refractivity contribution in [2.24, 2.45) is 5.92 Å². The van der Waals surface area contributed by atoms with E-state index in [9.17, 15) is 18.0 Å². The predicted octanol–water partition coefficient (Wildman–Crippen LogP) is 3.77. The highest BCUT2D eigenvalue weighted by Gasteiger charge is 2.33. The highest BCUT2D eigenvalue weighted by Crippen LogP contribution is 2.35. The third-order valence-electron chi connectivity index (χ3n) is 4.34. The first kappa shape index (κ1) is 17.3. The van der Waals surface area contributed by atoms with E-state index in [1.54, 1.807) is 24.3 Å². The number of pyridine rings is 1. The van der Waals surface area contributed by atoms with Crippen LogP contribution in [-0.4, -0.2) is 27.6 Å². The van der Waals surface area contributed by atoms with E-state index in [0.717, 1.165) is 29.6 Å². The monoisotopic (exact) mass is 376 g/mol. The first-order chi connectivity index (χ1) is 12.8. The Morgan fingerprint density at radius 1 is 1.26 bits per heavy atom. The summed E-state index contributed by atoms with van der Waals surface area (Å²) in [5, 5.41) is 6.57. The molecule has 9 heteroatoms. The van der Waals surface area contributed by atoms with E-state index in [1.165, 1.54) is 7.11 Å². The number of fused-ring (bicyclic) bond motifs is 1. The molecular weight excluding hydrogens is 361 g/mol. The quantitative estimate of drug-likeness (QED) is 0.753. The highest BCUT2D eigenvalue weighted by atomic mass is 19.4. The molecule has 0 spiro atoms. The Morgan fingerprint density at radius 2 is 1.96 bits per heavy atom. The van der Waals surface area contributed by atoms with Crippen molar-refractivity contribution in [1.82, 2.24) is 14.6 Å². The molecule has 1 saturated carbocycles. The standard InChI is InChI=1S/C18H15F3N4O2/c1-27-13-6-4-10(5-7-13)14-8-12(18(19,20)21)9-25-15(14)22-17(24-25)23-16(26)11-2-3-11/h4-9,11H,2-3H2,1H3,(H,23,24,26). The molecular formula is C18H15F3N4O2. The van der Waals surface area contributed by atoms with Gasteiger partial charge in [0.2, 0.25) is 11.9 Å². The fourth-order valence-electron chi connectivity index (χ4n) is 2.73. The SMILES string of the molecule is COc1ccc(-c2cc(C(F)(F)F)cn3nc(NC(=O)C4CC4)nc23)cc1. The summed E-state index contributed by atoms with van der Waals surface area (Å²) in [6.45, 7) is 0. The minimum atomic E-state index is -4.54. The maximum absolute atomic E-state index is 13.3. The third kappa shape index (κ3) is 3.44. The average molecular weight is 376 g/mol. The molecule has 1 aromatic carbocycles. The lowest BCUT2D eigenvalue weighted by Crippen LogP contribution is -2.14. The number of amides is 1. The second-order valence-corrected chi connectivity index (χ2v) is 6.34. The second kappa shape index (κ2) is 6.26. The van der Waals surface area contributed by atoms with Crippen LogP contribution >= 0.6 is 0 Å². The number of ether oxygens (including phenoxy) is 1. The van der Waals surface area contributed by atoms with Gasteiger partial charge in [0.15, 0.2) is 5.65 Å². The van der Waals surface area contributed by atoms with Crippen LogP contribution < -0.4 is 10.1 Å². The van der Waals surface area contributed by atoms with Gasteiger partial charge in [-0.15, -0.1) is 5.10 Å². The van der Waals surface area contributed by atoms with E-state index in [2.05, 4.69) is 15.4 Å². The van der Waals surface area contributed by atoms with Gasteiger partial charge in [-0.3, -0.25) is 10.1 Å². The molecule has 0 radical (unpaired) electrons. The Balaban J connectivity index is 1.82. The molecule has 0 aliphatic heterocycles. The molecule has 1 aliphatic rings. The van der Waals surface area contributed by atoms with E-state index < -0.39 is 11.7 Å². The van der Waals surface area contributed by atoms with E-state index in [1.807, 2.05) is 0 Å². The number of carbonyl (C=O) groups excluding carboxylic acids is 1. The van der Waals surface area contributed by atoms with Gasteiger partial charge < -0.3 is 4.74 Å². The molecule has 0 saturated heterocycles. The van der Waals surface area contributed by atoms with Crippen molar-refractivity contribution in [3.8, 4) is 16.9 Å². The molecule has 140 valence electrons. The summed E-state index contributed by atoms with van der Waals surface area (Å²) in [6, 6.07) is 7.62. The normalized spacial score (nSPS) is 14.4. The largest absolute Gasteiger partial charge is 0.497 e. The van der Waals surface area contributed by atoms with Gasteiger partial charge in [0.1, 0.15) is 5.75 Å².